The topological polar surface area (TPSA) is 32.7 Å². The molecule has 1 aliphatic rings. The summed E-state index contributed by atoms with van der Waals surface area (Å²) in [6.07, 6.45) is 3.70. The van der Waals surface area contributed by atoms with E-state index < -0.39 is 0 Å². The van der Waals surface area contributed by atoms with Gasteiger partial charge in [-0.05, 0) is 60.8 Å². The number of halogens is 1. The maximum Gasteiger partial charge on any atom is 0.131 e. The molecule has 0 aromatic heterocycles. The molecule has 1 fully saturated rings. The number of aliphatic hydroxyl groups excluding tert-OH is 1. The average Bonchev–Trinajstić information content (AvgIpc) is 2.63. The Bertz CT molecular complexity index is 696. The Morgan fingerprint density at radius 3 is 2.54 bits per heavy atom. The van der Waals surface area contributed by atoms with Crippen molar-refractivity contribution in [2.75, 3.05) is 20.2 Å². The van der Waals surface area contributed by atoms with E-state index in [9.17, 15) is 9.50 Å². The summed E-state index contributed by atoms with van der Waals surface area (Å²) in [6.45, 7) is 2.92. The summed E-state index contributed by atoms with van der Waals surface area (Å²) in [6, 6.07) is 10.6. The number of ether oxygens (including phenoxy) is 1. The first kappa shape index (κ1) is 16.9. The highest BCUT2D eigenvalue weighted by atomic mass is 19.1. The maximum atomic E-state index is 14.4. The summed E-state index contributed by atoms with van der Waals surface area (Å²) in [5, 5.41) is 9.46. The van der Waals surface area contributed by atoms with Crippen molar-refractivity contribution in [2.24, 2.45) is 0 Å². The first-order valence-corrected chi connectivity index (χ1v) is 8.50. The number of aliphatic hydroxyl groups is 1. The van der Waals surface area contributed by atoms with E-state index in [2.05, 4.69) is 4.90 Å². The van der Waals surface area contributed by atoms with E-state index in [4.69, 9.17) is 4.74 Å². The number of piperidine rings is 1. The molecule has 24 heavy (non-hydrogen) atoms. The Hall–Kier alpha value is -1.91. The molecule has 128 valence electrons. The van der Waals surface area contributed by atoms with Gasteiger partial charge < -0.3 is 9.84 Å². The zero-order chi connectivity index (χ0) is 16.9. The molecule has 2 aromatic carbocycles. The van der Waals surface area contributed by atoms with E-state index >= 15 is 0 Å². The van der Waals surface area contributed by atoms with Crippen LogP contribution in [0.5, 0.6) is 5.75 Å². The smallest absolute Gasteiger partial charge is 0.131 e. The molecule has 0 spiro atoms. The minimum absolute atomic E-state index is 0.00608. The van der Waals surface area contributed by atoms with E-state index in [0.717, 1.165) is 36.3 Å². The molecule has 2 aromatic rings. The minimum Gasteiger partial charge on any atom is -0.497 e. The molecule has 1 heterocycles. The predicted octanol–water partition coefficient (Wildman–Crippen LogP) is 3.98. The number of hydrogen-bond donors (Lipinski definition) is 1. The van der Waals surface area contributed by atoms with Gasteiger partial charge in [0.15, 0.2) is 0 Å². The molecular weight excluding hydrogens is 305 g/mol. The van der Waals surface area contributed by atoms with Gasteiger partial charge in [-0.1, -0.05) is 24.6 Å². The van der Waals surface area contributed by atoms with Crippen LogP contribution in [0.25, 0.3) is 11.1 Å². The fourth-order valence-corrected chi connectivity index (χ4v) is 3.34. The molecule has 0 unspecified atom stereocenters. The van der Waals surface area contributed by atoms with Crippen molar-refractivity contribution >= 4 is 0 Å². The van der Waals surface area contributed by atoms with Crippen molar-refractivity contribution in [3.63, 3.8) is 0 Å². The van der Waals surface area contributed by atoms with Crippen LogP contribution in [-0.2, 0) is 13.2 Å². The van der Waals surface area contributed by atoms with Crippen molar-refractivity contribution in [1.82, 2.24) is 4.90 Å². The standard InChI is InChI=1S/C20H24FNO2/c1-24-17-6-8-20(21)19(12-17)18-7-5-15(14-23)11-16(18)13-22-9-3-2-4-10-22/h5-8,11-12,23H,2-4,9-10,13-14H2,1H3. The van der Waals surface area contributed by atoms with Crippen molar-refractivity contribution in [1.29, 1.82) is 0 Å². The number of rotatable bonds is 5. The number of methoxy groups -OCH3 is 1. The molecule has 0 radical (unpaired) electrons. The van der Waals surface area contributed by atoms with Gasteiger partial charge in [-0.2, -0.15) is 0 Å². The molecule has 3 rings (SSSR count). The highest BCUT2D eigenvalue weighted by Crippen LogP contribution is 2.31. The van der Waals surface area contributed by atoms with E-state index in [-0.39, 0.29) is 12.4 Å². The quantitative estimate of drug-likeness (QED) is 0.900. The van der Waals surface area contributed by atoms with Crippen LogP contribution in [0.2, 0.25) is 0 Å². The Balaban J connectivity index is 2.00. The summed E-state index contributed by atoms with van der Waals surface area (Å²) < 4.78 is 19.7. The largest absolute Gasteiger partial charge is 0.497 e. The van der Waals surface area contributed by atoms with Crippen molar-refractivity contribution in [3.05, 3.63) is 53.3 Å². The van der Waals surface area contributed by atoms with Crippen molar-refractivity contribution in [2.45, 2.75) is 32.4 Å². The lowest BCUT2D eigenvalue weighted by molar-refractivity contribution is 0.221. The predicted molar refractivity (Wildman–Crippen MR) is 93.4 cm³/mol. The van der Waals surface area contributed by atoms with Crippen LogP contribution in [0.4, 0.5) is 4.39 Å². The highest BCUT2D eigenvalue weighted by molar-refractivity contribution is 5.70. The Kier molecular flexibility index (Phi) is 5.48. The van der Waals surface area contributed by atoms with Gasteiger partial charge in [0, 0.05) is 12.1 Å². The number of nitrogens with zero attached hydrogens (tertiary/aromatic N) is 1. The number of benzene rings is 2. The zero-order valence-corrected chi connectivity index (χ0v) is 14.1. The van der Waals surface area contributed by atoms with Crippen LogP contribution >= 0.6 is 0 Å². The van der Waals surface area contributed by atoms with Gasteiger partial charge in [0.25, 0.3) is 0 Å². The zero-order valence-electron chi connectivity index (χ0n) is 14.1. The van der Waals surface area contributed by atoms with Gasteiger partial charge >= 0.3 is 0 Å². The molecule has 0 atom stereocenters. The second-order valence-electron chi connectivity index (χ2n) is 6.33. The van der Waals surface area contributed by atoms with E-state index in [1.807, 2.05) is 18.2 Å². The van der Waals surface area contributed by atoms with Gasteiger partial charge in [0.2, 0.25) is 0 Å². The molecule has 1 N–H and O–H groups in total. The van der Waals surface area contributed by atoms with E-state index in [1.165, 1.54) is 25.3 Å². The first-order chi connectivity index (χ1) is 11.7. The van der Waals surface area contributed by atoms with Crippen LogP contribution in [0.15, 0.2) is 36.4 Å². The molecule has 1 aliphatic heterocycles. The molecule has 0 amide bonds. The van der Waals surface area contributed by atoms with Crippen LogP contribution in [0.1, 0.15) is 30.4 Å². The minimum atomic E-state index is -0.257. The lowest BCUT2D eigenvalue weighted by atomic mass is 9.96. The molecule has 3 nitrogen and oxygen atoms in total. The lowest BCUT2D eigenvalue weighted by Crippen LogP contribution is -2.29. The molecular formula is C20H24FNO2. The van der Waals surface area contributed by atoms with Gasteiger partial charge in [0.1, 0.15) is 11.6 Å². The third-order valence-electron chi connectivity index (χ3n) is 4.66. The molecule has 0 saturated carbocycles. The van der Waals surface area contributed by atoms with Crippen molar-refractivity contribution in [3.8, 4) is 16.9 Å². The Morgan fingerprint density at radius 1 is 1.04 bits per heavy atom. The summed E-state index contributed by atoms with van der Waals surface area (Å²) in [5.41, 5.74) is 3.32. The summed E-state index contributed by atoms with van der Waals surface area (Å²) in [5.74, 6) is 0.383. The van der Waals surface area contributed by atoms with Crippen LogP contribution in [0.3, 0.4) is 0 Å². The monoisotopic (exact) mass is 329 g/mol. The highest BCUT2D eigenvalue weighted by Gasteiger charge is 2.16. The summed E-state index contributed by atoms with van der Waals surface area (Å²) >= 11 is 0. The first-order valence-electron chi connectivity index (χ1n) is 8.50. The van der Waals surface area contributed by atoms with Crippen LogP contribution < -0.4 is 4.74 Å². The lowest BCUT2D eigenvalue weighted by Gasteiger charge is -2.27. The SMILES string of the molecule is COc1ccc(F)c(-c2ccc(CO)cc2CN2CCCCC2)c1. The second-order valence-corrected chi connectivity index (χ2v) is 6.33. The van der Waals surface area contributed by atoms with E-state index in [1.54, 1.807) is 19.2 Å². The Labute approximate surface area is 142 Å². The number of likely N-dealkylation sites (tertiary alicyclic amines) is 1. The molecule has 0 bridgehead atoms. The van der Waals surface area contributed by atoms with Crippen LogP contribution in [0, 0.1) is 5.82 Å². The fourth-order valence-electron chi connectivity index (χ4n) is 3.34. The molecule has 0 aliphatic carbocycles. The second kappa shape index (κ2) is 7.77. The van der Waals surface area contributed by atoms with Crippen molar-refractivity contribution < 1.29 is 14.2 Å². The van der Waals surface area contributed by atoms with Gasteiger partial charge in [-0.3, -0.25) is 4.90 Å². The normalized spacial score (nSPS) is 15.5. The summed E-state index contributed by atoms with van der Waals surface area (Å²) in [7, 11) is 1.58. The molecule has 1 saturated heterocycles. The fraction of sp³-hybridized carbons (Fsp3) is 0.400. The average molecular weight is 329 g/mol. The number of hydrogen-bond acceptors (Lipinski definition) is 3. The Morgan fingerprint density at radius 2 is 1.83 bits per heavy atom. The third-order valence-corrected chi connectivity index (χ3v) is 4.66. The van der Waals surface area contributed by atoms with Gasteiger partial charge in [0.05, 0.1) is 13.7 Å². The molecule has 4 heteroatoms. The third kappa shape index (κ3) is 3.77. The van der Waals surface area contributed by atoms with Gasteiger partial charge in [-0.15, -0.1) is 0 Å². The maximum absolute atomic E-state index is 14.4. The summed E-state index contributed by atoms with van der Waals surface area (Å²) in [4.78, 5) is 2.40. The van der Waals surface area contributed by atoms with Gasteiger partial charge in [-0.25, -0.2) is 4.39 Å². The van der Waals surface area contributed by atoms with E-state index in [0.29, 0.717) is 11.3 Å². The van der Waals surface area contributed by atoms with Crippen LogP contribution in [-0.4, -0.2) is 30.2 Å².